The number of hydrogen-bond acceptors (Lipinski definition) is 1. The molecular formula is C4H7LiO. The number of carbonyl (C=O) groups is 1. The fourth-order valence-electron chi connectivity index (χ4n) is 0.352. The summed E-state index contributed by atoms with van der Waals surface area (Å²) in [4.78, 5) is 10.0. The van der Waals surface area contributed by atoms with Gasteiger partial charge in [0.25, 0.3) is 0 Å². The Bertz CT molecular complexity index is 51.5. The maximum absolute atomic E-state index is 10.0. The van der Waals surface area contributed by atoms with E-state index in [9.17, 15) is 4.79 Å². The topological polar surface area (TPSA) is 17.1 Å². The quantitative estimate of drug-likeness (QED) is 0.439. The molecule has 0 radical (unpaired) electrons. The van der Waals surface area contributed by atoms with Gasteiger partial charge in [-0.1, -0.05) is 0 Å². The third kappa shape index (κ3) is 4.27. The van der Waals surface area contributed by atoms with Crippen LogP contribution in [0.1, 0.15) is 19.8 Å². The summed E-state index contributed by atoms with van der Waals surface area (Å²) in [7, 11) is 0. The summed E-state index contributed by atoms with van der Waals surface area (Å²) in [5, 5.41) is 0. The van der Waals surface area contributed by atoms with Crippen molar-refractivity contribution in [1.29, 1.82) is 0 Å². The van der Waals surface area contributed by atoms with Gasteiger partial charge in [0, 0.05) is 0 Å². The standard InChI is InChI=1S/C4H7O.Li/c1-2-3-4-5;/h2-3H2,1H3;. The molecule has 0 heterocycles. The van der Waals surface area contributed by atoms with Crippen LogP contribution in [0.3, 0.4) is 0 Å². The van der Waals surface area contributed by atoms with Gasteiger partial charge in [0.15, 0.2) is 0 Å². The van der Waals surface area contributed by atoms with Gasteiger partial charge in [0.05, 0.1) is 0 Å². The number of carbonyl (C=O) groups excluding carboxylic acids is 1. The zero-order chi connectivity index (χ0) is 4.99. The van der Waals surface area contributed by atoms with Crippen molar-refractivity contribution in [2.75, 3.05) is 0 Å². The van der Waals surface area contributed by atoms with Crippen LogP contribution in [-0.4, -0.2) is 22.2 Å². The molecule has 0 amide bonds. The predicted octanol–water partition coefficient (Wildman–Crippen LogP) is 0.482. The molecule has 0 N–H and O–H groups in total. The molecule has 0 aromatic heterocycles. The summed E-state index contributed by atoms with van der Waals surface area (Å²) >= 11 is 1.61. The van der Waals surface area contributed by atoms with Gasteiger partial charge in [0.2, 0.25) is 0 Å². The zero-order valence-corrected chi connectivity index (χ0v) is 4.32. The minimum atomic E-state index is 0.289. The van der Waals surface area contributed by atoms with Crippen molar-refractivity contribution in [3.05, 3.63) is 0 Å². The van der Waals surface area contributed by atoms with E-state index in [0.29, 0.717) is 0 Å². The van der Waals surface area contributed by atoms with E-state index in [0.717, 1.165) is 12.8 Å². The van der Waals surface area contributed by atoms with Gasteiger partial charge in [0.1, 0.15) is 0 Å². The summed E-state index contributed by atoms with van der Waals surface area (Å²) in [5.74, 6) is 0. The second kappa shape index (κ2) is 3.46. The van der Waals surface area contributed by atoms with Crippen LogP contribution in [0.5, 0.6) is 0 Å². The Morgan fingerprint density at radius 1 is 1.83 bits per heavy atom. The van der Waals surface area contributed by atoms with Crippen molar-refractivity contribution < 1.29 is 4.79 Å². The maximum atomic E-state index is 10.0. The van der Waals surface area contributed by atoms with E-state index >= 15 is 0 Å². The Morgan fingerprint density at radius 3 is 2.33 bits per heavy atom. The van der Waals surface area contributed by atoms with Gasteiger partial charge in [-0.3, -0.25) is 0 Å². The van der Waals surface area contributed by atoms with Crippen molar-refractivity contribution in [1.82, 2.24) is 0 Å². The first-order valence-electron chi connectivity index (χ1n) is 2.26. The molecule has 0 saturated carbocycles. The second-order valence-corrected chi connectivity index (χ2v) is 1.45. The third-order valence-electron chi connectivity index (χ3n) is 0.602. The SMILES string of the molecule is [Li][C](=O)CCC. The predicted molar refractivity (Wildman–Crippen MR) is 25.7 cm³/mol. The molecule has 0 aliphatic heterocycles. The molecule has 0 unspecified atom stereocenters. The van der Waals surface area contributed by atoms with E-state index in [1.807, 2.05) is 6.92 Å². The third-order valence-corrected chi connectivity index (χ3v) is 0.602. The number of rotatable bonds is 2. The molecule has 0 aliphatic rings. The molecule has 0 spiro atoms. The summed E-state index contributed by atoms with van der Waals surface area (Å²) in [6.45, 7) is 2.00. The van der Waals surface area contributed by atoms with Crippen LogP contribution in [0.2, 0.25) is 0 Å². The summed E-state index contributed by atoms with van der Waals surface area (Å²) in [6, 6.07) is 0. The monoisotopic (exact) mass is 78.1 g/mol. The fraction of sp³-hybridized carbons (Fsp3) is 0.750. The molecule has 0 saturated heterocycles. The van der Waals surface area contributed by atoms with Crippen molar-refractivity contribution in [3.63, 3.8) is 0 Å². The average Bonchev–Trinajstić information content (AvgIpc) is 1.35. The van der Waals surface area contributed by atoms with Gasteiger partial charge < -0.3 is 0 Å². The van der Waals surface area contributed by atoms with Gasteiger partial charge in [-0.15, -0.1) is 0 Å². The molecule has 1 nitrogen and oxygen atoms in total. The van der Waals surface area contributed by atoms with Crippen LogP contribution in [-0.2, 0) is 4.79 Å². The molecule has 0 fully saturated rings. The first kappa shape index (κ1) is 6.27. The minimum absolute atomic E-state index is 0.289. The Morgan fingerprint density at radius 2 is 2.33 bits per heavy atom. The molecule has 0 bridgehead atoms. The Kier molecular flexibility index (Phi) is 3.61. The second-order valence-electron chi connectivity index (χ2n) is 1.45. The number of hydrogen-bond donors (Lipinski definition) is 0. The van der Waals surface area contributed by atoms with Crippen LogP contribution in [0.25, 0.3) is 0 Å². The molecule has 2 heteroatoms. The Balaban J connectivity index is 2.83. The van der Waals surface area contributed by atoms with Crippen molar-refractivity contribution in [3.8, 4) is 0 Å². The van der Waals surface area contributed by atoms with Gasteiger partial charge >= 0.3 is 46.7 Å². The van der Waals surface area contributed by atoms with Gasteiger partial charge in [-0.05, 0) is 0 Å². The van der Waals surface area contributed by atoms with Gasteiger partial charge in [-0.2, -0.15) is 0 Å². The van der Waals surface area contributed by atoms with E-state index in [1.165, 1.54) is 0 Å². The average molecular weight is 78.0 g/mol. The fourth-order valence-corrected chi connectivity index (χ4v) is 0.352. The van der Waals surface area contributed by atoms with Gasteiger partial charge in [-0.25, -0.2) is 0 Å². The molecule has 0 aliphatic carbocycles. The summed E-state index contributed by atoms with van der Waals surface area (Å²) in [6.07, 6.45) is 1.72. The normalized spacial score (nSPS) is 8.50. The van der Waals surface area contributed by atoms with Crippen LogP contribution < -0.4 is 0 Å². The molecule has 0 atom stereocenters. The van der Waals surface area contributed by atoms with Crippen LogP contribution in [0.15, 0.2) is 0 Å². The molecule has 6 heavy (non-hydrogen) atoms. The van der Waals surface area contributed by atoms with Crippen molar-refractivity contribution >= 4 is 22.2 Å². The molecule has 0 aromatic carbocycles. The molecule has 30 valence electrons. The van der Waals surface area contributed by atoms with Crippen LogP contribution in [0.4, 0.5) is 0 Å². The van der Waals surface area contributed by atoms with E-state index in [-0.39, 0.29) is 4.46 Å². The van der Waals surface area contributed by atoms with Crippen LogP contribution >= 0.6 is 0 Å². The molecule has 0 rings (SSSR count). The van der Waals surface area contributed by atoms with E-state index in [2.05, 4.69) is 0 Å². The Labute approximate surface area is 47.3 Å². The van der Waals surface area contributed by atoms with E-state index in [1.54, 1.807) is 17.7 Å². The summed E-state index contributed by atoms with van der Waals surface area (Å²) in [5.41, 5.74) is 0. The summed E-state index contributed by atoms with van der Waals surface area (Å²) < 4.78 is 0.289. The van der Waals surface area contributed by atoms with E-state index < -0.39 is 0 Å². The first-order valence-corrected chi connectivity index (χ1v) is 2.26. The van der Waals surface area contributed by atoms with Crippen molar-refractivity contribution in [2.45, 2.75) is 19.8 Å². The van der Waals surface area contributed by atoms with Crippen molar-refractivity contribution in [2.24, 2.45) is 0 Å². The molecular weight excluding hydrogens is 71.0 g/mol. The van der Waals surface area contributed by atoms with Crippen LogP contribution in [0, 0.1) is 0 Å². The first-order chi connectivity index (χ1) is 2.77. The zero-order valence-electron chi connectivity index (χ0n) is 4.32. The Hall–Kier alpha value is 0.267. The van der Waals surface area contributed by atoms with E-state index in [4.69, 9.17) is 0 Å². The molecule has 0 aromatic rings.